The molecule has 0 spiro atoms. The summed E-state index contributed by atoms with van der Waals surface area (Å²) in [6.45, 7) is 6.73. The maximum absolute atomic E-state index is 14.8. The summed E-state index contributed by atoms with van der Waals surface area (Å²) in [4.78, 5) is 15.7. The Morgan fingerprint density at radius 3 is 2.61 bits per heavy atom. The molecular formula is C25H32F2N4O6S. The van der Waals surface area contributed by atoms with Crippen molar-refractivity contribution >= 4 is 16.1 Å². The van der Waals surface area contributed by atoms with Gasteiger partial charge < -0.3 is 14.6 Å². The Morgan fingerprint density at radius 1 is 1.21 bits per heavy atom. The Bertz CT molecular complexity index is 1300. The second kappa shape index (κ2) is 9.85. The summed E-state index contributed by atoms with van der Waals surface area (Å²) in [7, 11) is -3.65. The average Bonchev–Trinajstić information content (AvgIpc) is 3.57. The number of hydrogen-bond donors (Lipinski definition) is 1. The maximum Gasteiger partial charge on any atom is 0.408 e. The summed E-state index contributed by atoms with van der Waals surface area (Å²) in [5.41, 5.74) is 0.545. The molecule has 10 nitrogen and oxygen atoms in total. The standard InChI is InChI=1S/C25H32F2N4O6S/c1-25(2,3)31(24(32)33)22-9-17(13-37-23(22)19-8-16(26)4-5-20(19)27)29-10-15-11-30(28-21(15)12-29)38(34,35)18-6-7-36-14-18/h4-5,8,11,17-18,22-23H,6-7,9-10,12-14H2,1-3H3,(H,32,33)/t17-,18-,22+,23-/m1/s1. The lowest BCUT2D eigenvalue weighted by Crippen LogP contribution is -2.58. The summed E-state index contributed by atoms with van der Waals surface area (Å²) in [6.07, 6.45) is 0.0987. The first-order valence-corrected chi connectivity index (χ1v) is 14.1. The van der Waals surface area contributed by atoms with Crippen LogP contribution in [0, 0.1) is 11.6 Å². The van der Waals surface area contributed by atoms with E-state index >= 15 is 0 Å². The van der Waals surface area contributed by atoms with Crippen LogP contribution in [0.1, 0.15) is 56.5 Å². The van der Waals surface area contributed by atoms with Gasteiger partial charge in [0, 0.05) is 48.6 Å². The average molecular weight is 555 g/mol. The molecule has 1 aromatic heterocycles. The van der Waals surface area contributed by atoms with Crippen molar-refractivity contribution in [2.75, 3.05) is 19.8 Å². The molecule has 38 heavy (non-hydrogen) atoms. The van der Waals surface area contributed by atoms with Crippen molar-refractivity contribution in [2.24, 2.45) is 0 Å². The monoisotopic (exact) mass is 554 g/mol. The topological polar surface area (TPSA) is 114 Å². The highest BCUT2D eigenvalue weighted by molar-refractivity contribution is 7.90. The number of fused-ring (bicyclic) bond motifs is 1. The minimum Gasteiger partial charge on any atom is -0.465 e. The van der Waals surface area contributed by atoms with Crippen LogP contribution in [0.2, 0.25) is 0 Å². The molecule has 0 unspecified atom stereocenters. The fourth-order valence-corrected chi connectivity index (χ4v) is 7.14. The number of carbonyl (C=O) groups is 1. The Labute approximate surface area is 220 Å². The summed E-state index contributed by atoms with van der Waals surface area (Å²) in [6, 6.07) is 2.04. The van der Waals surface area contributed by atoms with Crippen molar-refractivity contribution in [3.05, 3.63) is 52.9 Å². The van der Waals surface area contributed by atoms with E-state index in [0.717, 1.165) is 27.8 Å². The zero-order chi connectivity index (χ0) is 27.4. The van der Waals surface area contributed by atoms with E-state index in [1.165, 1.54) is 11.1 Å². The predicted octanol–water partition coefficient (Wildman–Crippen LogP) is 3.12. The molecule has 3 aliphatic heterocycles. The number of amides is 1. The third-order valence-corrected chi connectivity index (χ3v) is 9.45. The molecule has 208 valence electrons. The lowest BCUT2D eigenvalue weighted by atomic mass is 9.88. The second-order valence-electron chi connectivity index (χ2n) is 11.1. The van der Waals surface area contributed by atoms with E-state index in [0.29, 0.717) is 38.2 Å². The minimum absolute atomic E-state index is 0.0222. The third kappa shape index (κ3) is 4.92. The lowest BCUT2D eigenvalue weighted by Gasteiger charge is -2.48. The smallest absolute Gasteiger partial charge is 0.408 e. The highest BCUT2D eigenvalue weighted by atomic mass is 32.2. The van der Waals surface area contributed by atoms with Gasteiger partial charge in [0.25, 0.3) is 10.0 Å². The molecule has 2 aromatic rings. The number of ether oxygens (including phenoxy) is 2. The molecule has 0 saturated carbocycles. The van der Waals surface area contributed by atoms with Crippen LogP contribution in [0.4, 0.5) is 13.6 Å². The van der Waals surface area contributed by atoms with Crippen molar-refractivity contribution in [3.63, 3.8) is 0 Å². The van der Waals surface area contributed by atoms with Gasteiger partial charge in [0.15, 0.2) is 0 Å². The highest BCUT2D eigenvalue weighted by Crippen LogP contribution is 2.39. The SMILES string of the molecule is CC(C)(C)N(C(=O)O)[C@H]1C[C@@H](N2Cc3cn(S(=O)(=O)[C@@H]4CCOC4)nc3C2)CO[C@@H]1c1cc(F)ccc1F. The second-order valence-corrected chi connectivity index (χ2v) is 13.2. The minimum atomic E-state index is -3.65. The van der Waals surface area contributed by atoms with E-state index in [4.69, 9.17) is 9.47 Å². The molecule has 0 aliphatic carbocycles. The van der Waals surface area contributed by atoms with Crippen LogP contribution in [-0.4, -0.2) is 81.3 Å². The molecule has 2 saturated heterocycles. The Kier molecular flexibility index (Phi) is 6.99. The number of nitrogens with zero attached hydrogens (tertiary/aromatic N) is 4. The van der Waals surface area contributed by atoms with Gasteiger partial charge in [-0.25, -0.2) is 22.0 Å². The van der Waals surface area contributed by atoms with Crippen molar-refractivity contribution in [2.45, 2.75) is 75.7 Å². The van der Waals surface area contributed by atoms with Crippen molar-refractivity contribution in [1.82, 2.24) is 19.0 Å². The Hall–Kier alpha value is -2.61. The fourth-order valence-electron chi connectivity index (χ4n) is 5.69. The largest absolute Gasteiger partial charge is 0.465 e. The van der Waals surface area contributed by atoms with E-state index in [1.54, 1.807) is 20.8 Å². The lowest BCUT2D eigenvalue weighted by molar-refractivity contribution is -0.102. The quantitative estimate of drug-likeness (QED) is 0.600. The van der Waals surface area contributed by atoms with Crippen LogP contribution in [0.3, 0.4) is 0 Å². The summed E-state index contributed by atoms with van der Waals surface area (Å²) < 4.78 is 67.0. The van der Waals surface area contributed by atoms with E-state index in [9.17, 15) is 27.1 Å². The molecular weight excluding hydrogens is 522 g/mol. The predicted molar refractivity (Wildman–Crippen MR) is 132 cm³/mol. The molecule has 1 N–H and O–H groups in total. The summed E-state index contributed by atoms with van der Waals surface area (Å²) in [5.74, 6) is -1.30. The van der Waals surface area contributed by atoms with Crippen LogP contribution in [0.5, 0.6) is 0 Å². The van der Waals surface area contributed by atoms with Gasteiger partial charge in [0.2, 0.25) is 0 Å². The van der Waals surface area contributed by atoms with E-state index in [2.05, 4.69) is 10.00 Å². The first kappa shape index (κ1) is 27.0. The van der Waals surface area contributed by atoms with Gasteiger partial charge in [0.1, 0.15) is 23.0 Å². The van der Waals surface area contributed by atoms with Crippen molar-refractivity contribution in [3.8, 4) is 0 Å². The fraction of sp³-hybridized carbons (Fsp3) is 0.600. The Morgan fingerprint density at radius 2 is 1.97 bits per heavy atom. The molecule has 2 fully saturated rings. The van der Waals surface area contributed by atoms with Crippen LogP contribution < -0.4 is 0 Å². The summed E-state index contributed by atoms with van der Waals surface area (Å²) in [5, 5.41) is 13.9. The van der Waals surface area contributed by atoms with Gasteiger partial charge in [-0.15, -0.1) is 0 Å². The van der Waals surface area contributed by atoms with Crippen molar-refractivity contribution in [1.29, 1.82) is 0 Å². The number of aromatic nitrogens is 2. The number of rotatable bonds is 5. The van der Waals surface area contributed by atoms with Crippen LogP contribution in [-0.2, 0) is 32.6 Å². The first-order valence-electron chi connectivity index (χ1n) is 12.6. The molecule has 5 rings (SSSR count). The zero-order valence-corrected chi connectivity index (χ0v) is 22.3. The number of benzene rings is 1. The van der Waals surface area contributed by atoms with E-state index in [-0.39, 0.29) is 24.8 Å². The molecule has 1 amide bonds. The Balaban J connectivity index is 1.38. The molecule has 4 atom stereocenters. The molecule has 3 aliphatic rings. The third-order valence-electron chi connectivity index (χ3n) is 7.52. The molecule has 4 heterocycles. The number of hydrogen-bond acceptors (Lipinski definition) is 7. The van der Waals surface area contributed by atoms with Gasteiger partial charge in [-0.1, -0.05) is 0 Å². The van der Waals surface area contributed by atoms with Gasteiger partial charge in [0.05, 0.1) is 24.9 Å². The number of halogens is 2. The molecule has 0 bridgehead atoms. The van der Waals surface area contributed by atoms with Crippen LogP contribution in [0.15, 0.2) is 24.4 Å². The van der Waals surface area contributed by atoms with Gasteiger partial charge in [-0.2, -0.15) is 9.19 Å². The van der Waals surface area contributed by atoms with E-state index in [1.807, 2.05) is 0 Å². The summed E-state index contributed by atoms with van der Waals surface area (Å²) >= 11 is 0. The molecule has 0 radical (unpaired) electrons. The number of carboxylic acid groups (broad SMARTS) is 1. The van der Waals surface area contributed by atoms with E-state index < -0.39 is 50.7 Å². The maximum atomic E-state index is 14.8. The normalized spacial score (nSPS) is 26.4. The van der Waals surface area contributed by atoms with Gasteiger partial charge >= 0.3 is 6.09 Å². The van der Waals surface area contributed by atoms with Gasteiger partial charge in [-0.3, -0.25) is 9.80 Å². The van der Waals surface area contributed by atoms with Crippen LogP contribution >= 0.6 is 0 Å². The molecule has 1 aromatic carbocycles. The van der Waals surface area contributed by atoms with Crippen LogP contribution in [0.25, 0.3) is 0 Å². The van der Waals surface area contributed by atoms with Crippen molar-refractivity contribution < 1.29 is 36.6 Å². The van der Waals surface area contributed by atoms with Gasteiger partial charge in [-0.05, 0) is 51.8 Å². The molecule has 13 heteroatoms. The first-order chi connectivity index (χ1) is 17.9. The highest BCUT2D eigenvalue weighted by Gasteiger charge is 2.46. The zero-order valence-electron chi connectivity index (χ0n) is 21.5.